The van der Waals surface area contributed by atoms with Gasteiger partial charge in [0.15, 0.2) is 0 Å². The van der Waals surface area contributed by atoms with Gasteiger partial charge >= 0.3 is 0 Å². The Hall–Kier alpha value is -1.97. The number of nitrogens with zero attached hydrogens (tertiary/aromatic N) is 1. The summed E-state index contributed by atoms with van der Waals surface area (Å²) >= 11 is 0. The lowest BCUT2D eigenvalue weighted by atomic mass is 9.89. The molecule has 1 aliphatic carbocycles. The van der Waals surface area contributed by atoms with Gasteiger partial charge in [0.05, 0.1) is 5.56 Å². The predicted molar refractivity (Wildman–Crippen MR) is 113 cm³/mol. The average Bonchev–Trinajstić information content (AvgIpc) is 2.72. The second kappa shape index (κ2) is 12.5. The van der Waals surface area contributed by atoms with Gasteiger partial charge in [-0.3, -0.25) is 14.6 Å². The highest BCUT2D eigenvalue weighted by atomic mass is 16.3. The summed E-state index contributed by atoms with van der Waals surface area (Å²) in [4.78, 5) is 28.5. The minimum Gasteiger partial charge on any atom is -0.505 e. The van der Waals surface area contributed by atoms with Crippen LogP contribution in [0.5, 0.6) is 0 Å². The lowest BCUT2D eigenvalue weighted by Crippen LogP contribution is -2.24. The maximum absolute atomic E-state index is 12.3. The van der Waals surface area contributed by atoms with Gasteiger partial charge in [0.2, 0.25) is 11.6 Å². The third-order valence-corrected chi connectivity index (χ3v) is 5.57. The topological polar surface area (TPSA) is 67.3 Å². The van der Waals surface area contributed by atoms with E-state index in [1.807, 2.05) is 0 Å². The van der Waals surface area contributed by atoms with Crippen LogP contribution >= 0.6 is 0 Å². The average molecular weight is 386 g/mol. The molecule has 1 aliphatic rings. The van der Waals surface area contributed by atoms with Gasteiger partial charge in [0.1, 0.15) is 11.5 Å². The Morgan fingerprint density at radius 1 is 0.786 bits per heavy atom. The quantitative estimate of drug-likeness (QED) is 0.289. The van der Waals surface area contributed by atoms with Crippen LogP contribution in [0.4, 0.5) is 0 Å². The molecule has 1 aromatic heterocycles. The molecule has 28 heavy (non-hydrogen) atoms. The van der Waals surface area contributed by atoms with Crippen molar-refractivity contribution in [1.82, 2.24) is 4.98 Å². The molecule has 0 spiro atoms. The van der Waals surface area contributed by atoms with Crippen LogP contribution in [0.1, 0.15) is 113 Å². The Labute approximate surface area is 169 Å². The number of carbonyl (C=O) groups is 2. The normalized spacial score (nSPS) is 13.9. The lowest BCUT2D eigenvalue weighted by Gasteiger charge is -2.16. The molecule has 0 aromatic carbocycles. The highest BCUT2D eigenvalue weighted by Gasteiger charge is 2.32. The smallest absolute Gasteiger partial charge is 0.235 e. The number of ketones is 2. The van der Waals surface area contributed by atoms with Crippen LogP contribution in [0.2, 0.25) is 0 Å². The van der Waals surface area contributed by atoms with Crippen molar-refractivity contribution >= 4 is 17.3 Å². The first-order valence-electron chi connectivity index (χ1n) is 11.1. The summed E-state index contributed by atoms with van der Waals surface area (Å²) in [5.74, 6) is -1.23. The number of pyridine rings is 1. The summed E-state index contributed by atoms with van der Waals surface area (Å²) in [6.45, 7) is 2.25. The van der Waals surface area contributed by atoms with E-state index in [1.165, 1.54) is 70.4 Å². The summed E-state index contributed by atoms with van der Waals surface area (Å²) < 4.78 is 0. The summed E-state index contributed by atoms with van der Waals surface area (Å²) in [5.41, 5.74) is 0.690. The molecule has 4 nitrogen and oxygen atoms in total. The van der Waals surface area contributed by atoms with E-state index in [-0.39, 0.29) is 22.6 Å². The number of hydrogen-bond donors (Lipinski definition) is 1. The van der Waals surface area contributed by atoms with Gasteiger partial charge in [-0.1, -0.05) is 84.0 Å². The van der Waals surface area contributed by atoms with Gasteiger partial charge in [-0.2, -0.15) is 0 Å². The van der Waals surface area contributed by atoms with Gasteiger partial charge in [0, 0.05) is 11.8 Å². The molecule has 2 rings (SSSR count). The van der Waals surface area contributed by atoms with Gasteiger partial charge in [0.25, 0.3) is 0 Å². The molecule has 1 heterocycles. The second-order valence-electron chi connectivity index (χ2n) is 7.88. The van der Waals surface area contributed by atoms with E-state index in [1.54, 1.807) is 12.1 Å². The van der Waals surface area contributed by atoms with Gasteiger partial charge < -0.3 is 5.11 Å². The van der Waals surface area contributed by atoms with Crippen molar-refractivity contribution < 1.29 is 14.7 Å². The van der Waals surface area contributed by atoms with Crippen LogP contribution in [0, 0.1) is 0 Å². The van der Waals surface area contributed by atoms with Crippen LogP contribution in [-0.2, 0) is 4.79 Å². The van der Waals surface area contributed by atoms with Crippen molar-refractivity contribution in [2.75, 3.05) is 0 Å². The zero-order chi connectivity index (χ0) is 20.2. The SMILES string of the molecule is CCCCCCCCCCCCCCCC1=C(O)c2ncccc2C(=O)C1=O. The van der Waals surface area contributed by atoms with Crippen LogP contribution in [0.3, 0.4) is 0 Å². The molecule has 0 amide bonds. The number of aliphatic hydroxyl groups excluding tert-OH is 1. The zero-order valence-corrected chi connectivity index (χ0v) is 17.3. The molecule has 154 valence electrons. The molecule has 0 unspecified atom stereocenters. The van der Waals surface area contributed by atoms with Crippen LogP contribution in [-0.4, -0.2) is 21.7 Å². The molecule has 1 aromatic rings. The first kappa shape index (κ1) is 22.3. The number of aliphatic hydroxyl groups is 1. The summed E-state index contributed by atoms with van der Waals surface area (Å²) in [6.07, 6.45) is 18.3. The van der Waals surface area contributed by atoms with E-state index >= 15 is 0 Å². The first-order valence-corrected chi connectivity index (χ1v) is 11.1. The molecule has 0 radical (unpaired) electrons. The monoisotopic (exact) mass is 385 g/mol. The lowest BCUT2D eigenvalue weighted by molar-refractivity contribution is -0.112. The third-order valence-electron chi connectivity index (χ3n) is 5.57. The fourth-order valence-corrected chi connectivity index (χ4v) is 3.84. The van der Waals surface area contributed by atoms with Crippen molar-refractivity contribution in [1.29, 1.82) is 0 Å². The maximum Gasteiger partial charge on any atom is 0.235 e. The van der Waals surface area contributed by atoms with Gasteiger partial charge in [-0.25, -0.2) is 0 Å². The molecule has 1 N–H and O–H groups in total. The highest BCUT2D eigenvalue weighted by molar-refractivity contribution is 6.52. The predicted octanol–water partition coefficient (Wildman–Crippen LogP) is 6.60. The summed E-state index contributed by atoms with van der Waals surface area (Å²) in [6, 6.07) is 3.15. The van der Waals surface area contributed by atoms with E-state index in [2.05, 4.69) is 11.9 Å². The van der Waals surface area contributed by atoms with E-state index in [4.69, 9.17) is 0 Å². The number of hydrogen-bond acceptors (Lipinski definition) is 4. The fraction of sp³-hybridized carbons (Fsp3) is 0.625. The molecular weight excluding hydrogens is 350 g/mol. The molecule has 0 aliphatic heterocycles. The number of Topliss-reactive ketones (excluding diaryl/α,β-unsaturated/α-hetero) is 2. The third kappa shape index (κ3) is 6.57. The van der Waals surface area contributed by atoms with Crippen molar-refractivity contribution in [3.05, 3.63) is 35.2 Å². The molecule has 0 atom stereocenters. The van der Waals surface area contributed by atoms with Crippen molar-refractivity contribution in [3.63, 3.8) is 0 Å². The van der Waals surface area contributed by atoms with E-state index in [9.17, 15) is 14.7 Å². The first-order chi connectivity index (χ1) is 13.7. The summed E-state index contributed by atoms with van der Waals surface area (Å²) in [5, 5.41) is 10.3. The number of rotatable bonds is 14. The van der Waals surface area contributed by atoms with E-state index in [0.717, 1.165) is 19.3 Å². The van der Waals surface area contributed by atoms with Gasteiger partial charge in [-0.05, 0) is 25.0 Å². The van der Waals surface area contributed by atoms with Crippen molar-refractivity contribution in [2.24, 2.45) is 0 Å². The van der Waals surface area contributed by atoms with Crippen LogP contribution in [0.15, 0.2) is 23.9 Å². The maximum atomic E-state index is 12.3. The Kier molecular flexibility index (Phi) is 9.95. The van der Waals surface area contributed by atoms with E-state index < -0.39 is 11.6 Å². The minimum atomic E-state index is -0.572. The molecular formula is C24H35NO3. The molecule has 4 heteroatoms. The molecule has 0 saturated heterocycles. The molecule has 0 saturated carbocycles. The second-order valence-corrected chi connectivity index (χ2v) is 7.88. The number of aromatic nitrogens is 1. The zero-order valence-electron chi connectivity index (χ0n) is 17.3. The Morgan fingerprint density at radius 2 is 1.32 bits per heavy atom. The standard InChI is InChI=1S/C24H35NO3/c1-2-3-4-5-6-7-8-9-10-11-12-13-14-16-20-22(26)21-19(17-15-18-25-21)23(27)24(20)28/h15,17-18,26H,2-14,16H2,1H3. The Morgan fingerprint density at radius 3 is 1.89 bits per heavy atom. The van der Waals surface area contributed by atoms with Crippen LogP contribution < -0.4 is 0 Å². The highest BCUT2D eigenvalue weighted by Crippen LogP contribution is 2.29. The number of unbranched alkanes of at least 4 members (excludes halogenated alkanes) is 12. The minimum absolute atomic E-state index is 0.112. The largest absolute Gasteiger partial charge is 0.505 e. The Balaban J connectivity index is 1.59. The number of fused-ring (bicyclic) bond motifs is 1. The summed E-state index contributed by atoms with van der Waals surface area (Å²) in [7, 11) is 0. The van der Waals surface area contributed by atoms with Crippen molar-refractivity contribution in [2.45, 2.75) is 96.8 Å². The number of carbonyl (C=O) groups excluding carboxylic acids is 2. The molecule has 0 fully saturated rings. The van der Waals surface area contributed by atoms with Gasteiger partial charge in [-0.15, -0.1) is 0 Å². The Bertz CT molecular complexity index is 678. The number of allylic oxidation sites excluding steroid dienone is 1. The van der Waals surface area contributed by atoms with Crippen LogP contribution in [0.25, 0.3) is 5.76 Å². The fourth-order valence-electron chi connectivity index (χ4n) is 3.84. The van der Waals surface area contributed by atoms with Crippen molar-refractivity contribution in [3.8, 4) is 0 Å². The molecule has 0 bridgehead atoms. The van der Waals surface area contributed by atoms with E-state index in [0.29, 0.717) is 6.42 Å².